The van der Waals surface area contributed by atoms with Crippen LogP contribution in [0.4, 0.5) is 10.8 Å². The second-order valence-corrected chi connectivity index (χ2v) is 6.22. The van der Waals surface area contributed by atoms with Crippen LogP contribution in [0.3, 0.4) is 0 Å². The lowest BCUT2D eigenvalue weighted by Crippen LogP contribution is -2.12. The molecular weight excluding hydrogens is 280 g/mol. The summed E-state index contributed by atoms with van der Waals surface area (Å²) in [5, 5.41) is 10.9. The number of nitrogens with zero attached hydrogens (tertiary/aromatic N) is 2. The van der Waals surface area contributed by atoms with Crippen LogP contribution >= 0.6 is 23.1 Å². The van der Waals surface area contributed by atoms with E-state index < -0.39 is 0 Å². The summed E-state index contributed by atoms with van der Waals surface area (Å²) in [4.78, 5) is 11.8. The summed E-state index contributed by atoms with van der Waals surface area (Å²) < 4.78 is 0.793. The molecule has 0 saturated heterocycles. The SMILES string of the molecule is Cc1ccccc1NC(=O)CCSc1nnc(N)s1. The van der Waals surface area contributed by atoms with Crippen LogP contribution in [0.2, 0.25) is 0 Å². The number of hydrogen-bond acceptors (Lipinski definition) is 6. The summed E-state index contributed by atoms with van der Waals surface area (Å²) in [6.45, 7) is 1.97. The number of aryl methyl sites for hydroxylation is 1. The molecule has 3 N–H and O–H groups in total. The lowest BCUT2D eigenvalue weighted by atomic mass is 10.2. The third kappa shape index (κ3) is 4.22. The van der Waals surface area contributed by atoms with Crippen molar-refractivity contribution in [1.29, 1.82) is 0 Å². The molecule has 1 amide bonds. The van der Waals surface area contributed by atoms with Gasteiger partial charge in [0, 0.05) is 17.9 Å². The molecule has 1 aromatic heterocycles. The molecule has 0 aliphatic carbocycles. The minimum Gasteiger partial charge on any atom is -0.374 e. The van der Waals surface area contributed by atoms with Gasteiger partial charge in [0.1, 0.15) is 0 Å². The number of nitrogen functional groups attached to an aromatic ring is 1. The normalized spacial score (nSPS) is 10.4. The Labute approximate surface area is 119 Å². The highest BCUT2D eigenvalue weighted by molar-refractivity contribution is 8.01. The van der Waals surface area contributed by atoms with Gasteiger partial charge in [0.15, 0.2) is 4.34 Å². The van der Waals surface area contributed by atoms with Gasteiger partial charge in [-0.3, -0.25) is 4.79 Å². The van der Waals surface area contributed by atoms with Gasteiger partial charge in [-0.05, 0) is 18.6 Å². The fourth-order valence-corrected chi connectivity index (χ4v) is 3.08. The number of benzene rings is 1. The van der Waals surface area contributed by atoms with E-state index in [1.807, 2.05) is 31.2 Å². The predicted octanol–water partition coefficient (Wildman–Crippen LogP) is 2.55. The number of carbonyl (C=O) groups is 1. The van der Waals surface area contributed by atoms with E-state index in [1.165, 1.54) is 23.1 Å². The van der Waals surface area contributed by atoms with E-state index in [0.717, 1.165) is 15.6 Å². The summed E-state index contributed by atoms with van der Waals surface area (Å²) in [6, 6.07) is 7.71. The molecule has 2 aromatic rings. The van der Waals surface area contributed by atoms with Crippen LogP contribution in [0, 0.1) is 6.92 Å². The first-order valence-electron chi connectivity index (χ1n) is 5.72. The molecule has 100 valence electrons. The van der Waals surface area contributed by atoms with Crippen molar-refractivity contribution < 1.29 is 4.79 Å². The maximum Gasteiger partial charge on any atom is 0.225 e. The van der Waals surface area contributed by atoms with Crippen molar-refractivity contribution in [3.8, 4) is 0 Å². The predicted molar refractivity (Wildman–Crippen MR) is 79.5 cm³/mol. The smallest absolute Gasteiger partial charge is 0.225 e. The van der Waals surface area contributed by atoms with E-state index in [-0.39, 0.29) is 5.91 Å². The van der Waals surface area contributed by atoms with Crippen molar-refractivity contribution in [2.45, 2.75) is 17.7 Å². The zero-order valence-electron chi connectivity index (χ0n) is 10.4. The molecule has 0 atom stereocenters. The van der Waals surface area contributed by atoms with Crippen LogP contribution in [0.15, 0.2) is 28.6 Å². The summed E-state index contributed by atoms with van der Waals surface area (Å²) >= 11 is 2.82. The fraction of sp³-hybridized carbons (Fsp3) is 0.250. The molecule has 0 aliphatic rings. The number of rotatable bonds is 5. The summed E-state index contributed by atoms with van der Waals surface area (Å²) in [5.41, 5.74) is 7.40. The topological polar surface area (TPSA) is 80.9 Å². The van der Waals surface area contributed by atoms with Gasteiger partial charge in [-0.1, -0.05) is 41.3 Å². The molecule has 0 radical (unpaired) electrons. The van der Waals surface area contributed by atoms with E-state index in [9.17, 15) is 4.79 Å². The number of thioether (sulfide) groups is 1. The molecule has 1 heterocycles. The lowest BCUT2D eigenvalue weighted by Gasteiger charge is -2.07. The number of carbonyl (C=O) groups excluding carboxylic acids is 1. The number of nitrogens with one attached hydrogen (secondary N) is 1. The van der Waals surface area contributed by atoms with E-state index in [1.54, 1.807) is 0 Å². The first kappa shape index (κ1) is 13.8. The molecule has 2 rings (SSSR count). The van der Waals surface area contributed by atoms with Crippen LogP contribution in [0.1, 0.15) is 12.0 Å². The number of amides is 1. The standard InChI is InChI=1S/C12H14N4OS2/c1-8-4-2-3-5-9(8)14-10(17)6-7-18-12-16-15-11(13)19-12/h2-5H,6-7H2,1H3,(H2,13,15)(H,14,17). The highest BCUT2D eigenvalue weighted by Gasteiger charge is 2.06. The number of nitrogens with two attached hydrogens (primary N) is 1. The summed E-state index contributed by atoms with van der Waals surface area (Å²) in [6.07, 6.45) is 0.429. The van der Waals surface area contributed by atoms with Gasteiger partial charge < -0.3 is 11.1 Å². The maximum atomic E-state index is 11.8. The van der Waals surface area contributed by atoms with Crippen molar-refractivity contribution >= 4 is 39.8 Å². The molecule has 0 aliphatic heterocycles. The van der Waals surface area contributed by atoms with Crippen LogP contribution in [0.5, 0.6) is 0 Å². The molecule has 5 nitrogen and oxygen atoms in total. The highest BCUT2D eigenvalue weighted by Crippen LogP contribution is 2.24. The average Bonchev–Trinajstić information content (AvgIpc) is 2.78. The first-order chi connectivity index (χ1) is 9.15. The van der Waals surface area contributed by atoms with Gasteiger partial charge in [0.2, 0.25) is 11.0 Å². The monoisotopic (exact) mass is 294 g/mol. The van der Waals surface area contributed by atoms with Crippen LogP contribution in [-0.2, 0) is 4.79 Å². The van der Waals surface area contributed by atoms with Gasteiger partial charge in [-0.2, -0.15) is 0 Å². The Balaban J connectivity index is 1.77. The van der Waals surface area contributed by atoms with E-state index >= 15 is 0 Å². The van der Waals surface area contributed by atoms with Gasteiger partial charge >= 0.3 is 0 Å². The second-order valence-electron chi connectivity index (χ2n) is 3.87. The van der Waals surface area contributed by atoms with Crippen LogP contribution in [-0.4, -0.2) is 21.9 Å². The Morgan fingerprint density at radius 2 is 2.21 bits per heavy atom. The molecule has 1 aromatic carbocycles. The minimum absolute atomic E-state index is 0.000660. The minimum atomic E-state index is -0.000660. The average molecular weight is 294 g/mol. The van der Waals surface area contributed by atoms with Crippen molar-refractivity contribution in [2.75, 3.05) is 16.8 Å². The third-order valence-corrected chi connectivity index (χ3v) is 4.28. The highest BCUT2D eigenvalue weighted by atomic mass is 32.2. The lowest BCUT2D eigenvalue weighted by molar-refractivity contribution is -0.115. The molecule has 0 unspecified atom stereocenters. The number of aromatic nitrogens is 2. The number of anilines is 2. The van der Waals surface area contributed by atoms with Crippen molar-refractivity contribution in [3.63, 3.8) is 0 Å². The van der Waals surface area contributed by atoms with Crippen molar-refractivity contribution in [2.24, 2.45) is 0 Å². The van der Waals surface area contributed by atoms with E-state index in [2.05, 4.69) is 15.5 Å². The Bertz CT molecular complexity index is 570. The largest absolute Gasteiger partial charge is 0.374 e. The van der Waals surface area contributed by atoms with Crippen molar-refractivity contribution in [1.82, 2.24) is 10.2 Å². The number of para-hydroxylation sites is 1. The molecule has 0 bridgehead atoms. The summed E-state index contributed by atoms with van der Waals surface area (Å²) in [5.74, 6) is 0.658. The van der Waals surface area contributed by atoms with E-state index in [4.69, 9.17) is 5.73 Å². The van der Waals surface area contributed by atoms with Gasteiger partial charge in [0.25, 0.3) is 0 Å². The summed E-state index contributed by atoms with van der Waals surface area (Å²) in [7, 11) is 0. The molecule has 0 fully saturated rings. The number of hydrogen-bond donors (Lipinski definition) is 2. The van der Waals surface area contributed by atoms with Gasteiger partial charge in [-0.25, -0.2) is 0 Å². The molecule has 0 spiro atoms. The molecular formula is C12H14N4OS2. The zero-order chi connectivity index (χ0) is 13.7. The zero-order valence-corrected chi connectivity index (χ0v) is 12.1. The quantitative estimate of drug-likeness (QED) is 0.828. The third-order valence-electron chi connectivity index (χ3n) is 2.40. The maximum absolute atomic E-state index is 11.8. The molecule has 0 saturated carbocycles. The Morgan fingerprint density at radius 3 is 2.89 bits per heavy atom. The fourth-order valence-electron chi connectivity index (χ4n) is 1.44. The van der Waals surface area contributed by atoms with Gasteiger partial charge in [-0.15, -0.1) is 10.2 Å². The molecule has 19 heavy (non-hydrogen) atoms. The molecule has 7 heteroatoms. The van der Waals surface area contributed by atoms with E-state index in [0.29, 0.717) is 17.3 Å². The van der Waals surface area contributed by atoms with Crippen LogP contribution in [0.25, 0.3) is 0 Å². The Kier molecular flexibility index (Phi) is 4.75. The first-order valence-corrected chi connectivity index (χ1v) is 7.52. The second kappa shape index (κ2) is 6.53. The Hall–Kier alpha value is -1.60. The van der Waals surface area contributed by atoms with Crippen molar-refractivity contribution in [3.05, 3.63) is 29.8 Å². The van der Waals surface area contributed by atoms with Gasteiger partial charge in [0.05, 0.1) is 0 Å². The van der Waals surface area contributed by atoms with Crippen LogP contribution < -0.4 is 11.1 Å². The Morgan fingerprint density at radius 1 is 1.42 bits per heavy atom.